The van der Waals surface area contributed by atoms with Crippen molar-refractivity contribution in [1.82, 2.24) is 5.32 Å². The second-order valence-corrected chi connectivity index (χ2v) is 6.32. The Hall–Kier alpha value is -1.23. The summed E-state index contributed by atoms with van der Waals surface area (Å²) in [6.45, 7) is 5.00. The second kappa shape index (κ2) is 7.16. The van der Waals surface area contributed by atoms with Crippen LogP contribution < -0.4 is 14.8 Å². The molecule has 2 aromatic rings. The molecular formula is C16H20ClNO2S. The van der Waals surface area contributed by atoms with Crippen LogP contribution in [0.3, 0.4) is 0 Å². The van der Waals surface area contributed by atoms with Crippen LogP contribution in [0.5, 0.6) is 11.5 Å². The molecule has 0 aliphatic rings. The van der Waals surface area contributed by atoms with E-state index in [0.29, 0.717) is 11.8 Å². The normalized spacial score (nSPS) is 11.0. The topological polar surface area (TPSA) is 30.5 Å². The Morgan fingerprint density at radius 1 is 1.19 bits per heavy atom. The Labute approximate surface area is 134 Å². The van der Waals surface area contributed by atoms with E-state index in [9.17, 15) is 0 Å². The molecule has 1 aromatic heterocycles. The fourth-order valence-electron chi connectivity index (χ4n) is 2.08. The van der Waals surface area contributed by atoms with Gasteiger partial charge in [-0.25, -0.2) is 0 Å². The van der Waals surface area contributed by atoms with Gasteiger partial charge >= 0.3 is 0 Å². The Morgan fingerprint density at radius 2 is 1.86 bits per heavy atom. The number of halogens is 1. The minimum Gasteiger partial charge on any atom is -0.493 e. The monoisotopic (exact) mass is 325 g/mol. The molecule has 0 amide bonds. The molecular weight excluding hydrogens is 306 g/mol. The summed E-state index contributed by atoms with van der Waals surface area (Å²) in [6, 6.07) is 6.33. The van der Waals surface area contributed by atoms with Gasteiger partial charge in [0.2, 0.25) is 0 Å². The maximum absolute atomic E-state index is 6.30. The third kappa shape index (κ3) is 3.70. The van der Waals surface area contributed by atoms with Gasteiger partial charge in [-0.2, -0.15) is 0 Å². The van der Waals surface area contributed by atoms with Gasteiger partial charge in [-0.1, -0.05) is 25.4 Å². The first-order chi connectivity index (χ1) is 10.1. The van der Waals surface area contributed by atoms with Gasteiger partial charge in [-0.3, -0.25) is 0 Å². The zero-order chi connectivity index (χ0) is 15.4. The number of nitrogens with one attached hydrogen (secondary N) is 1. The minimum atomic E-state index is 0.407. The Morgan fingerprint density at radius 3 is 2.38 bits per heavy atom. The van der Waals surface area contributed by atoms with Gasteiger partial charge in [0.1, 0.15) is 0 Å². The first kappa shape index (κ1) is 16.1. The number of hydrogen-bond donors (Lipinski definition) is 1. The lowest BCUT2D eigenvalue weighted by molar-refractivity contribution is 0.354. The van der Waals surface area contributed by atoms with E-state index in [1.165, 1.54) is 0 Å². The summed E-state index contributed by atoms with van der Waals surface area (Å²) in [4.78, 5) is 1.05. The average molecular weight is 326 g/mol. The van der Waals surface area contributed by atoms with Crippen molar-refractivity contribution in [2.75, 3.05) is 14.2 Å². The van der Waals surface area contributed by atoms with Crippen molar-refractivity contribution in [1.29, 1.82) is 0 Å². The lowest BCUT2D eigenvalue weighted by atomic mass is 10.0. The van der Waals surface area contributed by atoms with E-state index in [1.54, 1.807) is 25.6 Å². The van der Waals surface area contributed by atoms with Crippen LogP contribution in [0.1, 0.15) is 19.4 Å². The smallest absolute Gasteiger partial charge is 0.161 e. The Balaban J connectivity index is 2.51. The lowest BCUT2D eigenvalue weighted by Crippen LogP contribution is -2.22. The highest BCUT2D eigenvalue weighted by Crippen LogP contribution is 2.40. The van der Waals surface area contributed by atoms with Crippen molar-refractivity contribution in [3.63, 3.8) is 0 Å². The SMILES string of the molecule is COc1cc(CNC(C)C)c(-c2sccc2Cl)cc1OC. The summed E-state index contributed by atoms with van der Waals surface area (Å²) in [5, 5.41) is 6.19. The molecule has 3 nitrogen and oxygen atoms in total. The minimum absolute atomic E-state index is 0.407. The number of rotatable bonds is 6. The van der Waals surface area contributed by atoms with Gasteiger partial charge in [-0.15, -0.1) is 11.3 Å². The zero-order valence-electron chi connectivity index (χ0n) is 12.7. The number of methoxy groups -OCH3 is 2. The third-order valence-electron chi connectivity index (χ3n) is 3.17. The predicted molar refractivity (Wildman–Crippen MR) is 89.8 cm³/mol. The van der Waals surface area contributed by atoms with E-state index in [4.69, 9.17) is 21.1 Å². The number of thiophene rings is 1. The van der Waals surface area contributed by atoms with Crippen LogP contribution in [0, 0.1) is 0 Å². The van der Waals surface area contributed by atoms with Crippen LogP contribution in [0.25, 0.3) is 10.4 Å². The molecule has 0 fully saturated rings. The molecule has 21 heavy (non-hydrogen) atoms. The number of benzene rings is 1. The van der Waals surface area contributed by atoms with E-state index >= 15 is 0 Å². The van der Waals surface area contributed by atoms with Crippen LogP contribution in [-0.4, -0.2) is 20.3 Å². The van der Waals surface area contributed by atoms with Crippen molar-refractivity contribution in [3.05, 3.63) is 34.2 Å². The summed E-state index contributed by atoms with van der Waals surface area (Å²) in [5.41, 5.74) is 2.23. The van der Waals surface area contributed by atoms with Crippen LogP contribution >= 0.6 is 22.9 Å². The molecule has 0 radical (unpaired) electrons. The van der Waals surface area contributed by atoms with Gasteiger partial charge in [0, 0.05) is 18.2 Å². The van der Waals surface area contributed by atoms with E-state index in [0.717, 1.165) is 33.3 Å². The molecule has 1 N–H and O–H groups in total. The second-order valence-electron chi connectivity index (χ2n) is 5.00. The molecule has 5 heteroatoms. The van der Waals surface area contributed by atoms with E-state index < -0.39 is 0 Å². The number of hydrogen-bond acceptors (Lipinski definition) is 4. The van der Waals surface area contributed by atoms with Crippen LogP contribution in [0.2, 0.25) is 5.02 Å². The molecule has 0 atom stereocenters. The zero-order valence-corrected chi connectivity index (χ0v) is 14.3. The summed E-state index contributed by atoms with van der Waals surface area (Å²) < 4.78 is 10.8. The van der Waals surface area contributed by atoms with Gasteiger partial charge < -0.3 is 14.8 Å². The first-order valence-electron chi connectivity index (χ1n) is 6.78. The van der Waals surface area contributed by atoms with Crippen molar-refractivity contribution >= 4 is 22.9 Å². The molecule has 0 aliphatic heterocycles. The Kier molecular flexibility index (Phi) is 5.51. The van der Waals surface area contributed by atoms with E-state index in [-0.39, 0.29) is 0 Å². The van der Waals surface area contributed by atoms with Gasteiger partial charge in [0.25, 0.3) is 0 Å². The number of ether oxygens (including phenoxy) is 2. The van der Waals surface area contributed by atoms with Crippen molar-refractivity contribution < 1.29 is 9.47 Å². The molecule has 1 aromatic carbocycles. The first-order valence-corrected chi connectivity index (χ1v) is 8.04. The quantitative estimate of drug-likeness (QED) is 0.843. The van der Waals surface area contributed by atoms with Crippen LogP contribution in [-0.2, 0) is 6.54 Å². The molecule has 0 spiro atoms. The fraction of sp³-hybridized carbons (Fsp3) is 0.375. The molecule has 0 unspecified atom stereocenters. The maximum atomic E-state index is 6.30. The highest BCUT2D eigenvalue weighted by molar-refractivity contribution is 7.14. The fourth-order valence-corrected chi connectivity index (χ4v) is 3.29. The van der Waals surface area contributed by atoms with Crippen LogP contribution in [0.4, 0.5) is 0 Å². The molecule has 0 saturated heterocycles. The Bertz CT molecular complexity index is 610. The van der Waals surface area contributed by atoms with E-state index in [2.05, 4.69) is 19.2 Å². The molecule has 114 valence electrons. The predicted octanol–water partition coefficient (Wildman–Crippen LogP) is 4.58. The highest BCUT2D eigenvalue weighted by atomic mass is 35.5. The highest BCUT2D eigenvalue weighted by Gasteiger charge is 2.15. The summed E-state index contributed by atoms with van der Waals surface area (Å²) >= 11 is 7.92. The van der Waals surface area contributed by atoms with Gasteiger partial charge in [-0.05, 0) is 29.1 Å². The third-order valence-corrected chi connectivity index (χ3v) is 4.55. The van der Waals surface area contributed by atoms with E-state index in [1.807, 2.05) is 23.6 Å². The molecule has 0 bridgehead atoms. The average Bonchev–Trinajstić information content (AvgIpc) is 2.90. The lowest BCUT2D eigenvalue weighted by Gasteiger charge is -2.16. The van der Waals surface area contributed by atoms with Gasteiger partial charge in [0.05, 0.1) is 24.1 Å². The van der Waals surface area contributed by atoms with Crippen LogP contribution in [0.15, 0.2) is 23.6 Å². The standard InChI is InChI=1S/C16H20ClNO2S/c1-10(2)18-9-11-7-14(19-3)15(20-4)8-12(11)16-13(17)5-6-21-16/h5-8,10,18H,9H2,1-4H3. The summed E-state index contributed by atoms with van der Waals surface area (Å²) in [7, 11) is 3.29. The van der Waals surface area contributed by atoms with Gasteiger partial charge in [0.15, 0.2) is 11.5 Å². The summed E-state index contributed by atoms with van der Waals surface area (Å²) in [6.07, 6.45) is 0. The largest absolute Gasteiger partial charge is 0.493 e. The molecule has 1 heterocycles. The molecule has 0 aliphatic carbocycles. The van der Waals surface area contributed by atoms with Crippen molar-refractivity contribution in [3.8, 4) is 21.9 Å². The molecule has 0 saturated carbocycles. The van der Waals surface area contributed by atoms with Crippen molar-refractivity contribution in [2.24, 2.45) is 0 Å². The van der Waals surface area contributed by atoms with Crippen molar-refractivity contribution in [2.45, 2.75) is 26.4 Å². The maximum Gasteiger partial charge on any atom is 0.161 e. The summed E-state index contributed by atoms with van der Waals surface area (Å²) in [5.74, 6) is 1.44. The molecule has 2 rings (SSSR count).